The Hall–Kier alpha value is -1.08. The van der Waals surface area contributed by atoms with E-state index < -0.39 is 23.1 Å². The van der Waals surface area contributed by atoms with Crippen LogP contribution in [0.15, 0.2) is 16.6 Å². The molecule has 0 aliphatic heterocycles. The van der Waals surface area contributed by atoms with E-state index in [2.05, 4.69) is 15.9 Å². The van der Waals surface area contributed by atoms with E-state index in [-0.39, 0.29) is 16.0 Å². The quantitative estimate of drug-likeness (QED) is 0.830. The normalized spacial score (nSPS) is 10.3. The number of carbonyl (C=O) groups excluding carboxylic acids is 1. The SMILES string of the molecule is CCN(CCC(N)=S)C(=O)c1c(F)cc(Br)cc1F. The molecule has 1 aromatic carbocycles. The number of nitrogens with zero attached hydrogens (tertiary/aromatic N) is 1. The highest BCUT2D eigenvalue weighted by Crippen LogP contribution is 2.21. The Balaban J connectivity index is 3.01. The molecule has 1 rings (SSSR count). The fourth-order valence-electron chi connectivity index (χ4n) is 1.55. The molecule has 0 unspecified atom stereocenters. The van der Waals surface area contributed by atoms with Crippen molar-refractivity contribution in [3.05, 3.63) is 33.8 Å². The zero-order valence-corrected chi connectivity index (χ0v) is 12.7. The molecule has 19 heavy (non-hydrogen) atoms. The van der Waals surface area contributed by atoms with E-state index >= 15 is 0 Å². The molecule has 0 heterocycles. The van der Waals surface area contributed by atoms with Crippen molar-refractivity contribution in [3.8, 4) is 0 Å². The average molecular weight is 351 g/mol. The molecule has 1 aromatic rings. The lowest BCUT2D eigenvalue weighted by Gasteiger charge is -2.21. The Morgan fingerprint density at radius 3 is 2.37 bits per heavy atom. The zero-order valence-electron chi connectivity index (χ0n) is 10.3. The summed E-state index contributed by atoms with van der Waals surface area (Å²) >= 11 is 7.68. The Kier molecular flexibility index (Phi) is 5.81. The van der Waals surface area contributed by atoms with Gasteiger partial charge in [-0.2, -0.15) is 0 Å². The second-order valence-electron chi connectivity index (χ2n) is 3.85. The molecule has 0 saturated carbocycles. The van der Waals surface area contributed by atoms with Crippen LogP contribution in [0.5, 0.6) is 0 Å². The minimum Gasteiger partial charge on any atom is -0.393 e. The molecule has 1 amide bonds. The van der Waals surface area contributed by atoms with E-state index in [1.165, 1.54) is 4.90 Å². The van der Waals surface area contributed by atoms with Crippen LogP contribution in [0, 0.1) is 11.6 Å². The number of halogens is 3. The van der Waals surface area contributed by atoms with Crippen LogP contribution < -0.4 is 5.73 Å². The van der Waals surface area contributed by atoms with Crippen LogP contribution in [0.3, 0.4) is 0 Å². The van der Waals surface area contributed by atoms with Gasteiger partial charge >= 0.3 is 0 Å². The maximum absolute atomic E-state index is 13.7. The van der Waals surface area contributed by atoms with Crippen molar-refractivity contribution in [1.82, 2.24) is 4.90 Å². The van der Waals surface area contributed by atoms with Crippen LogP contribution in [0.2, 0.25) is 0 Å². The Bertz CT molecular complexity index is 487. The predicted octanol–water partition coefficient (Wildman–Crippen LogP) is 2.87. The number of thiocarbonyl (C=S) groups is 1. The second-order valence-corrected chi connectivity index (χ2v) is 5.29. The smallest absolute Gasteiger partial charge is 0.259 e. The summed E-state index contributed by atoms with van der Waals surface area (Å²) in [6, 6.07) is 2.11. The average Bonchev–Trinajstić information content (AvgIpc) is 2.27. The number of hydrogen-bond donors (Lipinski definition) is 1. The van der Waals surface area contributed by atoms with Gasteiger partial charge in [-0.05, 0) is 19.1 Å². The first-order chi connectivity index (χ1) is 8.86. The molecule has 0 saturated heterocycles. The third-order valence-corrected chi connectivity index (χ3v) is 3.18. The van der Waals surface area contributed by atoms with Gasteiger partial charge in [-0.3, -0.25) is 4.79 Å². The standard InChI is InChI=1S/C12H13BrF2N2OS/c1-2-17(4-3-10(16)19)12(18)11-8(14)5-7(13)6-9(11)15/h5-6H,2-4H2,1H3,(H2,16,19). The molecule has 0 radical (unpaired) electrons. The van der Waals surface area contributed by atoms with Crippen molar-refractivity contribution in [1.29, 1.82) is 0 Å². The van der Waals surface area contributed by atoms with Crippen molar-refractivity contribution >= 4 is 39.0 Å². The van der Waals surface area contributed by atoms with Crippen molar-refractivity contribution < 1.29 is 13.6 Å². The van der Waals surface area contributed by atoms with Crippen LogP contribution in [-0.4, -0.2) is 28.9 Å². The van der Waals surface area contributed by atoms with Crippen LogP contribution in [0.4, 0.5) is 8.78 Å². The van der Waals surface area contributed by atoms with Gasteiger partial charge in [0.05, 0.1) is 4.99 Å². The molecule has 0 spiro atoms. The van der Waals surface area contributed by atoms with Gasteiger partial charge in [-0.25, -0.2) is 8.78 Å². The van der Waals surface area contributed by atoms with Crippen LogP contribution in [-0.2, 0) is 0 Å². The molecule has 3 nitrogen and oxygen atoms in total. The molecule has 0 atom stereocenters. The summed E-state index contributed by atoms with van der Waals surface area (Å²) in [5, 5.41) is 0. The second kappa shape index (κ2) is 6.91. The van der Waals surface area contributed by atoms with E-state index in [0.717, 1.165) is 12.1 Å². The van der Waals surface area contributed by atoms with E-state index in [1.54, 1.807) is 6.92 Å². The molecule has 104 valence electrons. The lowest BCUT2D eigenvalue weighted by Crippen LogP contribution is -2.34. The summed E-state index contributed by atoms with van der Waals surface area (Å²) in [7, 11) is 0. The molecular weight excluding hydrogens is 338 g/mol. The minimum atomic E-state index is -0.898. The third-order valence-electron chi connectivity index (χ3n) is 2.52. The Morgan fingerprint density at radius 1 is 1.42 bits per heavy atom. The number of nitrogens with two attached hydrogens (primary N) is 1. The van der Waals surface area contributed by atoms with E-state index in [9.17, 15) is 13.6 Å². The van der Waals surface area contributed by atoms with Crippen LogP contribution in [0.25, 0.3) is 0 Å². The molecule has 0 aliphatic carbocycles. The molecule has 0 aliphatic rings. The van der Waals surface area contributed by atoms with Gasteiger partial charge in [0, 0.05) is 24.0 Å². The van der Waals surface area contributed by atoms with Gasteiger partial charge in [-0.1, -0.05) is 28.1 Å². The topological polar surface area (TPSA) is 46.3 Å². The summed E-state index contributed by atoms with van der Waals surface area (Å²) in [5.74, 6) is -2.50. The number of amides is 1. The summed E-state index contributed by atoms with van der Waals surface area (Å²) < 4.78 is 27.6. The van der Waals surface area contributed by atoms with E-state index in [4.69, 9.17) is 18.0 Å². The third kappa shape index (κ3) is 4.21. The first-order valence-corrected chi connectivity index (χ1v) is 6.79. The van der Waals surface area contributed by atoms with Crippen LogP contribution in [0.1, 0.15) is 23.7 Å². The molecule has 0 bridgehead atoms. The number of carbonyl (C=O) groups is 1. The monoisotopic (exact) mass is 350 g/mol. The maximum Gasteiger partial charge on any atom is 0.259 e. The van der Waals surface area contributed by atoms with Crippen molar-refractivity contribution in [3.63, 3.8) is 0 Å². The first-order valence-electron chi connectivity index (χ1n) is 5.59. The Labute approximate surface area is 123 Å². The van der Waals surface area contributed by atoms with E-state index in [0.29, 0.717) is 13.0 Å². The number of hydrogen-bond acceptors (Lipinski definition) is 2. The molecule has 2 N–H and O–H groups in total. The molecule has 0 fully saturated rings. The van der Waals surface area contributed by atoms with Crippen LogP contribution >= 0.6 is 28.1 Å². The largest absolute Gasteiger partial charge is 0.393 e. The fraction of sp³-hybridized carbons (Fsp3) is 0.333. The molecule has 0 aromatic heterocycles. The van der Waals surface area contributed by atoms with E-state index in [1.807, 2.05) is 0 Å². The van der Waals surface area contributed by atoms with Crippen molar-refractivity contribution in [2.45, 2.75) is 13.3 Å². The number of benzene rings is 1. The molecule has 7 heteroatoms. The lowest BCUT2D eigenvalue weighted by atomic mass is 10.1. The highest BCUT2D eigenvalue weighted by Gasteiger charge is 2.22. The minimum absolute atomic E-state index is 0.236. The fourth-order valence-corrected chi connectivity index (χ4v) is 2.05. The van der Waals surface area contributed by atoms with Crippen molar-refractivity contribution in [2.24, 2.45) is 5.73 Å². The number of rotatable bonds is 5. The molecular formula is C12H13BrF2N2OS. The summed E-state index contributed by atoms with van der Waals surface area (Å²) in [4.78, 5) is 13.6. The Morgan fingerprint density at radius 2 is 1.95 bits per heavy atom. The summed E-state index contributed by atoms with van der Waals surface area (Å²) in [5.41, 5.74) is 4.79. The van der Waals surface area contributed by atoms with Crippen molar-refractivity contribution in [2.75, 3.05) is 13.1 Å². The summed E-state index contributed by atoms with van der Waals surface area (Å²) in [6.45, 7) is 2.27. The van der Waals surface area contributed by atoms with Gasteiger partial charge in [0.2, 0.25) is 0 Å². The first kappa shape index (κ1) is 16.0. The van der Waals surface area contributed by atoms with Gasteiger partial charge in [-0.15, -0.1) is 0 Å². The zero-order chi connectivity index (χ0) is 14.6. The maximum atomic E-state index is 13.7. The summed E-state index contributed by atoms with van der Waals surface area (Å²) in [6.07, 6.45) is 0.314. The highest BCUT2D eigenvalue weighted by atomic mass is 79.9. The highest BCUT2D eigenvalue weighted by molar-refractivity contribution is 9.10. The van der Waals surface area contributed by atoms with Gasteiger partial charge < -0.3 is 10.6 Å². The van der Waals surface area contributed by atoms with Gasteiger partial charge in [0.1, 0.15) is 17.2 Å². The van der Waals surface area contributed by atoms with Gasteiger partial charge in [0.25, 0.3) is 5.91 Å². The predicted molar refractivity (Wildman–Crippen MR) is 77.0 cm³/mol. The van der Waals surface area contributed by atoms with Gasteiger partial charge in [0.15, 0.2) is 0 Å². The lowest BCUT2D eigenvalue weighted by molar-refractivity contribution is 0.0759.